The normalized spacial score (nSPS) is 35.1. The van der Waals surface area contributed by atoms with E-state index in [9.17, 15) is 9.00 Å². The van der Waals surface area contributed by atoms with E-state index in [1.54, 1.807) is 0 Å². The highest BCUT2D eigenvalue weighted by molar-refractivity contribution is 7.99. The standard InChI is InChI=1S/C38H52ClN3O4S/c1-26-6-4-7-30(22-41-16-18-45-19-17-41)33-12-9-31(33)23-42-24-38(15-5-8-28-20-32(39)11-13-34(28)38)25-46-36-14-10-29(21-35(36)42)37(43)40-47(3,44)27(26)2/h10-11,13-14,20-21,26-27,30-31,33H,3-9,12,15-19,22-25H2,1-2H3,(H,40,43,44)/t26-,27+,30-,31-,33-,38-,47?/m0/s1. The molecule has 2 aliphatic carbocycles. The summed E-state index contributed by atoms with van der Waals surface area (Å²) in [5.74, 6) is 6.60. The van der Waals surface area contributed by atoms with Gasteiger partial charge >= 0.3 is 0 Å². The van der Waals surface area contributed by atoms with Crippen molar-refractivity contribution in [3.63, 3.8) is 0 Å². The van der Waals surface area contributed by atoms with Crippen LogP contribution >= 0.6 is 11.6 Å². The third kappa shape index (κ3) is 6.82. The Morgan fingerprint density at radius 1 is 1.06 bits per heavy atom. The van der Waals surface area contributed by atoms with E-state index in [2.05, 4.69) is 39.4 Å². The third-order valence-electron chi connectivity index (χ3n) is 12.3. The average molecular weight is 682 g/mol. The number of nitrogens with zero attached hydrogens (tertiary/aromatic N) is 2. The van der Waals surface area contributed by atoms with E-state index >= 15 is 0 Å². The summed E-state index contributed by atoms with van der Waals surface area (Å²) in [5, 5.41) is 0.558. The third-order valence-corrected chi connectivity index (χ3v) is 14.8. The van der Waals surface area contributed by atoms with Gasteiger partial charge < -0.3 is 14.4 Å². The number of benzene rings is 2. The summed E-state index contributed by atoms with van der Waals surface area (Å²) >= 11 is 6.48. The van der Waals surface area contributed by atoms with Crippen molar-refractivity contribution in [1.29, 1.82) is 0 Å². The Morgan fingerprint density at radius 2 is 1.89 bits per heavy atom. The smallest absolute Gasteiger partial charge is 0.262 e. The minimum Gasteiger partial charge on any atom is -0.490 e. The number of rotatable bonds is 2. The lowest BCUT2D eigenvalue weighted by atomic mass is 9.65. The molecule has 2 bridgehead atoms. The molecular formula is C38H52ClN3O4S. The first-order valence-corrected chi connectivity index (χ1v) is 20.1. The first-order valence-electron chi connectivity index (χ1n) is 17.9. The zero-order chi connectivity index (χ0) is 32.8. The number of nitrogens with one attached hydrogen (secondary N) is 1. The maximum absolute atomic E-state index is 13.9. The maximum Gasteiger partial charge on any atom is 0.262 e. The molecule has 7 rings (SSSR count). The highest BCUT2D eigenvalue weighted by Gasteiger charge is 2.45. The fraction of sp³-hybridized carbons (Fsp3) is 0.632. The first kappa shape index (κ1) is 33.2. The van der Waals surface area contributed by atoms with Crippen LogP contribution in [0, 0.1) is 23.7 Å². The number of carbonyl (C=O) groups excluding carboxylic acids is 1. The van der Waals surface area contributed by atoms with Crippen LogP contribution in [-0.4, -0.2) is 78.7 Å². The molecule has 1 saturated carbocycles. The summed E-state index contributed by atoms with van der Waals surface area (Å²) in [5.41, 5.74) is 3.98. The number of ether oxygens (including phenoxy) is 2. The van der Waals surface area contributed by atoms with Crippen LogP contribution in [0.3, 0.4) is 0 Å². The van der Waals surface area contributed by atoms with E-state index < -0.39 is 9.71 Å². The summed E-state index contributed by atoms with van der Waals surface area (Å²) < 4.78 is 29.2. The Hall–Kier alpha value is -2.26. The summed E-state index contributed by atoms with van der Waals surface area (Å²) in [7, 11) is -2.86. The second kappa shape index (κ2) is 13.6. The van der Waals surface area contributed by atoms with Crippen molar-refractivity contribution in [1.82, 2.24) is 9.62 Å². The molecule has 3 heterocycles. The van der Waals surface area contributed by atoms with E-state index in [4.69, 9.17) is 21.1 Å². The molecule has 3 aliphatic heterocycles. The molecule has 1 saturated heterocycles. The lowest BCUT2D eigenvalue weighted by molar-refractivity contribution is 0.00824. The Bertz CT molecular complexity index is 1580. The minimum atomic E-state index is -2.86. The monoisotopic (exact) mass is 681 g/mol. The predicted octanol–water partition coefficient (Wildman–Crippen LogP) is 6.36. The molecule has 47 heavy (non-hydrogen) atoms. The second-order valence-electron chi connectivity index (χ2n) is 15.2. The molecule has 7 atom stereocenters. The zero-order valence-electron chi connectivity index (χ0n) is 28.2. The summed E-state index contributed by atoms with van der Waals surface area (Å²) in [6.07, 6.45) is 8.92. The van der Waals surface area contributed by atoms with Crippen LogP contribution in [0.25, 0.3) is 0 Å². The molecule has 5 aliphatic rings. The molecule has 7 nitrogen and oxygen atoms in total. The highest BCUT2D eigenvalue weighted by Crippen LogP contribution is 2.48. The fourth-order valence-electron chi connectivity index (χ4n) is 9.16. The molecule has 0 radical (unpaired) electrons. The predicted molar refractivity (Wildman–Crippen MR) is 192 cm³/mol. The summed E-state index contributed by atoms with van der Waals surface area (Å²) in [4.78, 5) is 18.8. The summed E-state index contributed by atoms with van der Waals surface area (Å²) in [6, 6.07) is 12.1. The van der Waals surface area contributed by atoms with Gasteiger partial charge in [-0.2, -0.15) is 0 Å². The van der Waals surface area contributed by atoms with Crippen LogP contribution in [0.2, 0.25) is 5.02 Å². The Balaban J connectivity index is 1.27. The molecule has 1 amide bonds. The first-order chi connectivity index (χ1) is 22.6. The molecule has 1 N–H and O–H groups in total. The average Bonchev–Trinajstić information content (AvgIpc) is 3.19. The highest BCUT2D eigenvalue weighted by atomic mass is 35.5. The second-order valence-corrected chi connectivity index (χ2v) is 18.1. The fourth-order valence-corrected chi connectivity index (χ4v) is 10.9. The number of hydrogen-bond donors (Lipinski definition) is 1. The lowest BCUT2D eigenvalue weighted by Crippen LogP contribution is -2.50. The van der Waals surface area contributed by atoms with E-state index in [0.717, 1.165) is 94.5 Å². The van der Waals surface area contributed by atoms with Gasteiger partial charge in [0.15, 0.2) is 0 Å². The van der Waals surface area contributed by atoms with Gasteiger partial charge in [0.2, 0.25) is 0 Å². The molecule has 9 heteroatoms. The molecule has 1 spiro atoms. The van der Waals surface area contributed by atoms with Gasteiger partial charge in [0, 0.05) is 54.0 Å². The van der Waals surface area contributed by atoms with Crippen molar-refractivity contribution >= 4 is 38.8 Å². The lowest BCUT2D eigenvalue weighted by Gasteiger charge is -2.48. The number of morpholine rings is 1. The number of carbonyl (C=O) groups is 1. The van der Waals surface area contributed by atoms with Crippen LogP contribution in [0.4, 0.5) is 5.69 Å². The molecule has 1 unspecified atom stereocenters. The Kier molecular flexibility index (Phi) is 9.60. The van der Waals surface area contributed by atoms with Gasteiger partial charge in [-0.05, 0) is 123 Å². The molecule has 256 valence electrons. The van der Waals surface area contributed by atoms with Gasteiger partial charge in [-0.25, -0.2) is 4.21 Å². The van der Waals surface area contributed by atoms with Crippen molar-refractivity contribution in [2.75, 3.05) is 57.4 Å². The minimum absolute atomic E-state index is 0.167. The van der Waals surface area contributed by atoms with Crippen LogP contribution < -0.4 is 14.4 Å². The SMILES string of the molecule is C=S1(=O)NC(=O)c2ccc3c(c2)N(C[C@@H]2CC[C@H]2[C@H](CN2CCOCC2)CCC[C@H](C)[C@H]1C)C[C@@]1(CCCc2cc(Cl)ccc21)CO3. The van der Waals surface area contributed by atoms with Gasteiger partial charge in [0.1, 0.15) is 5.75 Å². The van der Waals surface area contributed by atoms with E-state index in [0.29, 0.717) is 29.9 Å². The Morgan fingerprint density at radius 3 is 2.68 bits per heavy atom. The number of aryl methyl sites for hydroxylation is 1. The molecule has 2 aromatic rings. The van der Waals surface area contributed by atoms with E-state index in [1.165, 1.54) is 30.4 Å². The van der Waals surface area contributed by atoms with Crippen LogP contribution in [0.5, 0.6) is 5.75 Å². The number of halogens is 1. The Labute approximate surface area is 286 Å². The van der Waals surface area contributed by atoms with Crippen LogP contribution in [0.15, 0.2) is 36.4 Å². The maximum atomic E-state index is 13.9. The number of anilines is 1. The number of hydrogen-bond acceptors (Lipinski definition) is 6. The molecule has 2 fully saturated rings. The van der Waals surface area contributed by atoms with Gasteiger partial charge in [0.05, 0.1) is 35.2 Å². The zero-order valence-corrected chi connectivity index (χ0v) is 29.8. The summed E-state index contributed by atoms with van der Waals surface area (Å²) in [6.45, 7) is 11.3. The quantitative estimate of drug-likeness (QED) is 0.373. The van der Waals surface area contributed by atoms with Crippen molar-refractivity contribution in [3.05, 3.63) is 58.1 Å². The van der Waals surface area contributed by atoms with Crippen molar-refractivity contribution in [3.8, 4) is 5.75 Å². The van der Waals surface area contributed by atoms with Crippen LogP contribution in [-0.2, 0) is 26.3 Å². The topological polar surface area (TPSA) is 71.1 Å². The largest absolute Gasteiger partial charge is 0.490 e. The number of fused-ring (bicyclic) bond motifs is 4. The van der Waals surface area contributed by atoms with E-state index in [-0.39, 0.29) is 22.5 Å². The molecule has 0 aromatic heterocycles. The van der Waals surface area contributed by atoms with Crippen molar-refractivity contribution in [2.45, 2.75) is 75.9 Å². The van der Waals surface area contributed by atoms with Crippen molar-refractivity contribution < 1.29 is 18.5 Å². The van der Waals surface area contributed by atoms with Crippen LogP contribution in [0.1, 0.15) is 80.3 Å². The van der Waals surface area contributed by atoms with Gasteiger partial charge in [0.25, 0.3) is 5.91 Å². The molecule has 2 aromatic carbocycles. The number of amides is 1. The van der Waals surface area contributed by atoms with Gasteiger partial charge in [-0.1, -0.05) is 31.0 Å². The van der Waals surface area contributed by atoms with E-state index in [1.807, 2.05) is 31.2 Å². The van der Waals surface area contributed by atoms with Gasteiger partial charge in [-0.3, -0.25) is 14.4 Å². The van der Waals surface area contributed by atoms with Gasteiger partial charge in [-0.15, -0.1) is 0 Å². The molecular weight excluding hydrogens is 630 g/mol. The van der Waals surface area contributed by atoms with Crippen molar-refractivity contribution in [2.24, 2.45) is 23.7 Å².